The summed E-state index contributed by atoms with van der Waals surface area (Å²) in [5.41, 5.74) is -0.00610. The van der Waals surface area contributed by atoms with Crippen LogP contribution in [0.3, 0.4) is 0 Å². The van der Waals surface area contributed by atoms with Gasteiger partial charge in [0.2, 0.25) is 0 Å². The van der Waals surface area contributed by atoms with Gasteiger partial charge in [-0.05, 0) is 44.0 Å². The molecule has 0 aliphatic heterocycles. The Morgan fingerprint density at radius 3 is 1.94 bits per heavy atom. The van der Waals surface area contributed by atoms with E-state index in [0.29, 0.717) is 14.6 Å². The van der Waals surface area contributed by atoms with Crippen LogP contribution in [0.4, 0.5) is 5.69 Å². The van der Waals surface area contributed by atoms with E-state index in [1.54, 1.807) is 18.2 Å². The van der Waals surface area contributed by atoms with Crippen molar-refractivity contribution in [1.29, 1.82) is 15.8 Å². The molecular weight excluding hydrogens is 364 g/mol. The van der Waals surface area contributed by atoms with Gasteiger partial charge >= 0.3 is 0 Å². The maximum atomic E-state index is 9.52. The number of hydrogen-bond donors (Lipinski definition) is 2. The number of rotatable bonds is 2. The monoisotopic (exact) mass is 366 g/mol. The number of benzene rings is 1. The van der Waals surface area contributed by atoms with Crippen molar-refractivity contribution in [2.75, 3.05) is 5.32 Å². The fourth-order valence-electron chi connectivity index (χ4n) is 1.07. The first-order valence-electron chi connectivity index (χ1n) is 4.43. The largest absolute Gasteiger partial charge is 0.506 e. The van der Waals surface area contributed by atoms with Crippen molar-refractivity contribution in [2.24, 2.45) is 0 Å². The van der Waals surface area contributed by atoms with E-state index in [4.69, 9.17) is 15.8 Å². The van der Waals surface area contributed by atoms with E-state index >= 15 is 0 Å². The lowest BCUT2D eigenvalue weighted by molar-refractivity contribution is 0.468. The van der Waals surface area contributed by atoms with Crippen molar-refractivity contribution >= 4 is 37.5 Å². The summed E-state index contributed by atoms with van der Waals surface area (Å²) in [6, 6.07) is 8.02. The maximum Gasteiger partial charge on any atom is 0.163 e. The number of hydrogen-bond acceptors (Lipinski definition) is 5. The molecule has 18 heavy (non-hydrogen) atoms. The van der Waals surface area contributed by atoms with Crippen molar-refractivity contribution in [3.8, 4) is 24.0 Å². The van der Waals surface area contributed by atoms with Crippen LogP contribution in [0.25, 0.3) is 0 Å². The molecule has 1 rings (SSSR count). The van der Waals surface area contributed by atoms with E-state index in [1.807, 2.05) is 0 Å². The molecule has 1 aromatic rings. The molecule has 0 aromatic heterocycles. The van der Waals surface area contributed by atoms with E-state index in [9.17, 15) is 5.11 Å². The fraction of sp³-hybridized carbons (Fsp3) is 0. The topological polar surface area (TPSA) is 104 Å². The summed E-state index contributed by atoms with van der Waals surface area (Å²) in [6.07, 6.45) is 0. The average molecular weight is 368 g/mol. The molecule has 7 heteroatoms. The molecule has 0 aliphatic carbocycles. The minimum Gasteiger partial charge on any atom is -0.506 e. The van der Waals surface area contributed by atoms with E-state index in [-0.39, 0.29) is 17.0 Å². The molecule has 88 valence electrons. The van der Waals surface area contributed by atoms with Gasteiger partial charge in [0.1, 0.15) is 29.7 Å². The summed E-state index contributed by atoms with van der Waals surface area (Å²) in [7, 11) is 0. The second-order valence-corrected chi connectivity index (χ2v) is 4.71. The van der Waals surface area contributed by atoms with Crippen LogP contribution >= 0.6 is 31.9 Å². The molecule has 0 unspecified atom stereocenters. The first-order valence-corrected chi connectivity index (χ1v) is 6.01. The van der Waals surface area contributed by atoms with Crippen LogP contribution in [-0.4, -0.2) is 5.11 Å². The minimum absolute atomic E-state index is 0.0174. The van der Waals surface area contributed by atoms with E-state index in [0.717, 1.165) is 0 Å². The SMILES string of the molecule is N#CC(C#N)=C(C#N)Nc1cc(Br)c(O)c(Br)c1. The van der Waals surface area contributed by atoms with Crippen LogP contribution in [0.15, 0.2) is 32.3 Å². The third-order valence-electron chi connectivity index (χ3n) is 1.87. The first-order chi connectivity index (χ1) is 8.53. The van der Waals surface area contributed by atoms with Crippen molar-refractivity contribution in [2.45, 2.75) is 0 Å². The smallest absolute Gasteiger partial charge is 0.163 e. The summed E-state index contributed by atoms with van der Waals surface area (Å²) in [5, 5.41) is 38.4. The Morgan fingerprint density at radius 1 is 1.06 bits per heavy atom. The third kappa shape index (κ3) is 3.01. The lowest BCUT2D eigenvalue weighted by atomic mass is 10.2. The quantitative estimate of drug-likeness (QED) is 0.617. The highest BCUT2D eigenvalue weighted by Crippen LogP contribution is 2.35. The molecule has 0 atom stereocenters. The average Bonchev–Trinajstić information content (AvgIpc) is 2.35. The highest BCUT2D eigenvalue weighted by atomic mass is 79.9. The Hall–Kier alpha value is -2.01. The molecule has 1 aromatic carbocycles. The van der Waals surface area contributed by atoms with Crippen LogP contribution in [-0.2, 0) is 0 Å². The molecule has 0 saturated carbocycles. The predicted octanol–water partition coefficient (Wildman–Crippen LogP) is 3.15. The molecular formula is C11H4Br2N4O. The van der Waals surface area contributed by atoms with Crippen LogP contribution in [0, 0.1) is 34.0 Å². The summed E-state index contributed by atoms with van der Waals surface area (Å²) < 4.78 is 0.819. The van der Waals surface area contributed by atoms with Crippen molar-refractivity contribution < 1.29 is 5.11 Å². The van der Waals surface area contributed by atoms with Crippen LogP contribution in [0.5, 0.6) is 5.75 Å². The lowest BCUT2D eigenvalue weighted by Crippen LogP contribution is -2.00. The second kappa shape index (κ2) is 6.07. The lowest BCUT2D eigenvalue weighted by Gasteiger charge is -2.07. The van der Waals surface area contributed by atoms with Gasteiger partial charge in [-0.1, -0.05) is 0 Å². The number of allylic oxidation sites excluding steroid dienone is 2. The Labute approximate surface area is 120 Å². The van der Waals surface area contributed by atoms with Gasteiger partial charge in [0, 0.05) is 5.69 Å². The summed E-state index contributed by atoms with van der Waals surface area (Å²) in [6.45, 7) is 0. The van der Waals surface area contributed by atoms with Gasteiger partial charge in [-0.2, -0.15) is 15.8 Å². The highest BCUT2D eigenvalue weighted by molar-refractivity contribution is 9.11. The molecule has 0 amide bonds. The van der Waals surface area contributed by atoms with Crippen LogP contribution in [0.1, 0.15) is 0 Å². The number of aromatic hydroxyl groups is 1. The highest BCUT2D eigenvalue weighted by Gasteiger charge is 2.09. The molecule has 0 saturated heterocycles. The van der Waals surface area contributed by atoms with Gasteiger partial charge in [-0.15, -0.1) is 0 Å². The standard InChI is InChI=1S/C11H4Br2N4O/c12-8-1-7(2-9(13)11(8)18)17-10(5-16)6(3-14)4-15/h1-2,17-18H. The zero-order valence-corrected chi connectivity index (χ0v) is 11.9. The maximum absolute atomic E-state index is 9.52. The van der Waals surface area contributed by atoms with Gasteiger partial charge in [0.25, 0.3) is 0 Å². The Balaban J connectivity index is 3.22. The zero-order chi connectivity index (χ0) is 13.7. The number of halogens is 2. The van der Waals surface area contributed by atoms with Crippen LogP contribution in [0.2, 0.25) is 0 Å². The number of anilines is 1. The van der Waals surface area contributed by atoms with E-state index < -0.39 is 0 Å². The van der Waals surface area contributed by atoms with Crippen molar-refractivity contribution in [1.82, 2.24) is 0 Å². The van der Waals surface area contributed by atoms with Crippen molar-refractivity contribution in [3.63, 3.8) is 0 Å². The molecule has 5 nitrogen and oxygen atoms in total. The van der Waals surface area contributed by atoms with Gasteiger partial charge in [-0.3, -0.25) is 0 Å². The predicted molar refractivity (Wildman–Crippen MR) is 71.0 cm³/mol. The number of phenols is 1. The molecule has 0 aliphatic rings. The van der Waals surface area contributed by atoms with E-state index in [1.165, 1.54) is 12.1 Å². The fourth-order valence-corrected chi connectivity index (χ4v) is 2.25. The van der Waals surface area contributed by atoms with Gasteiger partial charge in [-0.25, -0.2) is 0 Å². The molecule has 0 fully saturated rings. The number of nitrogens with one attached hydrogen (secondary N) is 1. The first kappa shape index (κ1) is 14.1. The molecule has 0 radical (unpaired) electrons. The van der Waals surface area contributed by atoms with Gasteiger partial charge in [0.15, 0.2) is 5.57 Å². The molecule has 0 heterocycles. The number of nitriles is 3. The molecule has 0 spiro atoms. The van der Waals surface area contributed by atoms with E-state index in [2.05, 4.69) is 37.2 Å². The number of phenolic OH excluding ortho intramolecular Hbond substituents is 1. The Bertz CT molecular complexity index is 607. The van der Waals surface area contributed by atoms with Crippen molar-refractivity contribution in [3.05, 3.63) is 32.3 Å². The third-order valence-corrected chi connectivity index (χ3v) is 3.08. The summed E-state index contributed by atoms with van der Waals surface area (Å²) in [4.78, 5) is 0. The number of nitrogens with zero attached hydrogens (tertiary/aromatic N) is 3. The molecule has 2 N–H and O–H groups in total. The Morgan fingerprint density at radius 2 is 1.56 bits per heavy atom. The van der Waals surface area contributed by atoms with Crippen LogP contribution < -0.4 is 5.32 Å². The minimum atomic E-state index is -0.308. The molecule has 0 bridgehead atoms. The summed E-state index contributed by atoms with van der Waals surface area (Å²) >= 11 is 6.26. The van der Waals surface area contributed by atoms with Gasteiger partial charge < -0.3 is 10.4 Å². The second-order valence-electron chi connectivity index (χ2n) is 3.00. The Kier molecular flexibility index (Phi) is 4.74. The van der Waals surface area contributed by atoms with Gasteiger partial charge in [0.05, 0.1) is 8.95 Å². The zero-order valence-electron chi connectivity index (χ0n) is 8.70. The normalized spacial score (nSPS) is 8.61. The summed E-state index contributed by atoms with van der Waals surface area (Å²) in [5.74, 6) is 0.0174.